The van der Waals surface area contributed by atoms with Crippen molar-refractivity contribution in [1.29, 1.82) is 0 Å². The Bertz CT molecular complexity index is 876. The number of carbonyl (C=O) groups excluding carboxylic acids is 2. The van der Waals surface area contributed by atoms with E-state index in [0.29, 0.717) is 26.3 Å². The lowest BCUT2D eigenvalue weighted by Gasteiger charge is -2.11. The van der Waals surface area contributed by atoms with Crippen LogP contribution < -0.4 is 10.6 Å². The van der Waals surface area contributed by atoms with Gasteiger partial charge in [-0.15, -0.1) is 11.8 Å². The molecule has 2 amide bonds. The number of nitrogens with one attached hydrogen (secondary N) is 2. The standard InChI is InChI=1S/C9H7Cl4NOS.C9H10ClNOS.CH4/c1-5(15)14-8-3-2-6(4-7(8)10)16-9(11,12)13;1-6(12)11-9-4-3-7(13-2)5-8(9)10;/h2-4H,1H3,(H,14,15);3-5H,1-2H3,(H,11,12);1H4. The summed E-state index contributed by atoms with van der Waals surface area (Å²) < 4.78 is -1.43. The quantitative estimate of drug-likeness (QED) is 0.297. The summed E-state index contributed by atoms with van der Waals surface area (Å²) in [6, 6.07) is 10.5. The summed E-state index contributed by atoms with van der Waals surface area (Å²) in [5.74, 6) is -0.303. The van der Waals surface area contributed by atoms with E-state index in [0.717, 1.165) is 16.7 Å². The zero-order chi connectivity index (χ0) is 22.2. The third-order valence-electron chi connectivity index (χ3n) is 2.97. The lowest BCUT2D eigenvalue weighted by atomic mass is 10.3. The number of alkyl halides is 3. The molecule has 0 saturated heterocycles. The molecule has 4 nitrogen and oxygen atoms in total. The second kappa shape index (κ2) is 13.8. The maximum Gasteiger partial charge on any atom is 0.241 e. The number of halogens is 5. The van der Waals surface area contributed by atoms with Gasteiger partial charge in [0, 0.05) is 23.6 Å². The van der Waals surface area contributed by atoms with Crippen LogP contribution in [0.4, 0.5) is 11.4 Å². The molecule has 11 heteroatoms. The van der Waals surface area contributed by atoms with Crippen LogP contribution in [-0.4, -0.2) is 21.2 Å². The smallest absolute Gasteiger partial charge is 0.241 e. The molecular weight excluding hydrogens is 530 g/mol. The molecule has 2 N–H and O–H groups in total. The van der Waals surface area contributed by atoms with Crippen LogP contribution in [0.5, 0.6) is 0 Å². The van der Waals surface area contributed by atoms with E-state index in [1.165, 1.54) is 13.8 Å². The minimum absolute atomic E-state index is 0. The monoisotopic (exact) mass is 548 g/mol. The van der Waals surface area contributed by atoms with Gasteiger partial charge in [0.1, 0.15) is 0 Å². The molecule has 0 aliphatic carbocycles. The lowest BCUT2D eigenvalue weighted by molar-refractivity contribution is -0.115. The molecule has 0 bridgehead atoms. The van der Waals surface area contributed by atoms with E-state index in [4.69, 9.17) is 58.0 Å². The van der Waals surface area contributed by atoms with Crippen molar-refractivity contribution in [1.82, 2.24) is 0 Å². The molecule has 0 radical (unpaired) electrons. The summed E-state index contributed by atoms with van der Waals surface area (Å²) in [6.45, 7) is 2.86. The van der Waals surface area contributed by atoms with Crippen LogP contribution >= 0.6 is 81.5 Å². The van der Waals surface area contributed by atoms with Crippen molar-refractivity contribution in [2.75, 3.05) is 16.9 Å². The topological polar surface area (TPSA) is 58.2 Å². The number of benzene rings is 2. The van der Waals surface area contributed by atoms with E-state index >= 15 is 0 Å². The van der Waals surface area contributed by atoms with Crippen molar-refractivity contribution < 1.29 is 9.59 Å². The number of rotatable bonds is 4. The van der Waals surface area contributed by atoms with E-state index in [9.17, 15) is 9.59 Å². The second-order valence-corrected chi connectivity index (χ2v) is 11.3. The van der Waals surface area contributed by atoms with Gasteiger partial charge in [0.15, 0.2) is 0 Å². The first-order chi connectivity index (χ1) is 13.4. The second-order valence-electron chi connectivity index (χ2n) is 5.40. The molecule has 2 rings (SSSR count). The molecule has 166 valence electrons. The molecular formula is C19H21Cl5N2O2S2. The highest BCUT2D eigenvalue weighted by Gasteiger charge is 2.21. The van der Waals surface area contributed by atoms with Crippen molar-refractivity contribution >= 4 is 105 Å². The molecule has 0 spiro atoms. The van der Waals surface area contributed by atoms with E-state index in [2.05, 4.69) is 10.6 Å². The highest BCUT2D eigenvalue weighted by atomic mass is 35.6. The minimum Gasteiger partial charge on any atom is -0.325 e. The van der Waals surface area contributed by atoms with Crippen LogP contribution in [0.25, 0.3) is 0 Å². The predicted molar refractivity (Wildman–Crippen MR) is 136 cm³/mol. The summed E-state index contributed by atoms with van der Waals surface area (Å²) in [5.41, 5.74) is 1.19. The van der Waals surface area contributed by atoms with Crippen molar-refractivity contribution in [3.63, 3.8) is 0 Å². The fourth-order valence-corrected chi connectivity index (χ4v) is 4.30. The molecule has 30 heavy (non-hydrogen) atoms. The average molecular weight is 551 g/mol. The van der Waals surface area contributed by atoms with E-state index in [-0.39, 0.29) is 19.2 Å². The van der Waals surface area contributed by atoms with Crippen molar-refractivity contribution in [3.8, 4) is 0 Å². The van der Waals surface area contributed by atoms with Gasteiger partial charge in [-0.05, 0) is 42.7 Å². The first-order valence-corrected chi connectivity index (χ1v) is 11.8. The fraction of sp³-hybridized carbons (Fsp3) is 0.263. The van der Waals surface area contributed by atoms with Gasteiger partial charge in [-0.3, -0.25) is 9.59 Å². The van der Waals surface area contributed by atoms with Crippen LogP contribution in [0.1, 0.15) is 21.3 Å². The number of amides is 2. The lowest BCUT2D eigenvalue weighted by Crippen LogP contribution is -2.06. The Morgan fingerprint density at radius 1 is 0.833 bits per heavy atom. The van der Waals surface area contributed by atoms with Gasteiger partial charge in [0.2, 0.25) is 14.9 Å². The third-order valence-corrected chi connectivity index (χ3v) is 5.74. The molecule has 0 unspecified atom stereocenters. The van der Waals surface area contributed by atoms with Crippen LogP contribution in [0.3, 0.4) is 0 Å². The molecule has 0 atom stereocenters. The van der Waals surface area contributed by atoms with E-state index in [1.54, 1.807) is 36.0 Å². The zero-order valence-corrected chi connectivity index (χ0v) is 20.9. The van der Waals surface area contributed by atoms with Gasteiger partial charge in [0.05, 0.1) is 21.4 Å². The highest BCUT2D eigenvalue weighted by Crippen LogP contribution is 2.44. The highest BCUT2D eigenvalue weighted by molar-refractivity contribution is 8.04. The van der Waals surface area contributed by atoms with Gasteiger partial charge in [-0.25, -0.2) is 0 Å². The maximum absolute atomic E-state index is 10.8. The number of thioether (sulfide) groups is 2. The van der Waals surface area contributed by atoms with Crippen LogP contribution in [0, 0.1) is 0 Å². The van der Waals surface area contributed by atoms with Gasteiger partial charge in [-0.1, -0.05) is 77.2 Å². The average Bonchev–Trinajstić information content (AvgIpc) is 2.57. The Morgan fingerprint density at radius 2 is 1.23 bits per heavy atom. The van der Waals surface area contributed by atoms with E-state index in [1.807, 2.05) is 18.4 Å². The van der Waals surface area contributed by atoms with Gasteiger partial charge < -0.3 is 10.6 Å². The largest absolute Gasteiger partial charge is 0.325 e. The number of hydrogen-bond donors (Lipinski definition) is 2. The first kappa shape index (κ1) is 29.5. The first-order valence-electron chi connectivity index (χ1n) is 7.85. The van der Waals surface area contributed by atoms with Gasteiger partial charge >= 0.3 is 0 Å². The van der Waals surface area contributed by atoms with E-state index < -0.39 is 3.12 Å². The molecule has 0 aliphatic heterocycles. The molecule has 0 saturated carbocycles. The SMILES string of the molecule is C.CC(=O)Nc1ccc(SC(Cl)(Cl)Cl)cc1Cl.CSc1ccc(NC(C)=O)c(Cl)c1. The summed E-state index contributed by atoms with van der Waals surface area (Å²) in [6.07, 6.45) is 1.98. The summed E-state index contributed by atoms with van der Waals surface area (Å²) in [4.78, 5) is 23.4. The predicted octanol–water partition coefficient (Wildman–Crippen LogP) is 8.37. The molecule has 2 aromatic carbocycles. The summed E-state index contributed by atoms with van der Waals surface area (Å²) in [5, 5.41) is 6.20. The number of carbonyl (C=O) groups is 2. The Hall–Kier alpha value is -0.470. The van der Waals surface area contributed by atoms with Crippen molar-refractivity contribution in [3.05, 3.63) is 46.4 Å². The Labute approximate surface area is 210 Å². The normalized spacial score (nSPS) is 10.3. The molecule has 0 aromatic heterocycles. The van der Waals surface area contributed by atoms with Crippen LogP contribution in [0.2, 0.25) is 10.0 Å². The summed E-state index contributed by atoms with van der Waals surface area (Å²) >= 11 is 31.4. The zero-order valence-electron chi connectivity index (χ0n) is 15.5. The molecule has 0 aliphatic rings. The van der Waals surface area contributed by atoms with Crippen molar-refractivity contribution in [2.24, 2.45) is 0 Å². The van der Waals surface area contributed by atoms with Crippen molar-refractivity contribution in [2.45, 2.75) is 34.2 Å². The third kappa shape index (κ3) is 11.8. The Kier molecular flexibility index (Phi) is 13.6. The molecule has 0 heterocycles. The Morgan fingerprint density at radius 3 is 1.57 bits per heavy atom. The maximum atomic E-state index is 10.8. The minimum atomic E-state index is -1.43. The molecule has 0 fully saturated rings. The number of anilines is 2. The van der Waals surface area contributed by atoms with Gasteiger partial charge in [-0.2, -0.15) is 0 Å². The van der Waals surface area contributed by atoms with Gasteiger partial charge in [0.25, 0.3) is 0 Å². The molecule has 2 aromatic rings. The van der Waals surface area contributed by atoms with Crippen LogP contribution in [-0.2, 0) is 9.59 Å². The van der Waals surface area contributed by atoms with Crippen LogP contribution in [0.15, 0.2) is 46.2 Å². The Balaban J connectivity index is 0.000000553. The number of hydrogen-bond acceptors (Lipinski definition) is 4. The fourth-order valence-electron chi connectivity index (χ4n) is 1.90. The summed E-state index contributed by atoms with van der Waals surface area (Å²) in [7, 11) is 0.